The van der Waals surface area contributed by atoms with E-state index in [9.17, 15) is 9.90 Å². The summed E-state index contributed by atoms with van der Waals surface area (Å²) in [6, 6.07) is 4.99. The van der Waals surface area contributed by atoms with Crippen LogP contribution in [-0.2, 0) is 9.53 Å². The first-order valence-electron chi connectivity index (χ1n) is 8.25. The van der Waals surface area contributed by atoms with Crippen LogP contribution in [0.1, 0.15) is 19.8 Å². The van der Waals surface area contributed by atoms with Crippen molar-refractivity contribution in [3.8, 4) is 5.75 Å². The van der Waals surface area contributed by atoms with E-state index in [-0.39, 0.29) is 18.5 Å². The number of aliphatic hydroxyl groups excluding tert-OH is 1. The number of esters is 1. The number of quaternary nitrogens is 1. The molecule has 1 aliphatic rings. The molecule has 0 unspecified atom stereocenters. The Morgan fingerprint density at radius 2 is 2.08 bits per heavy atom. The van der Waals surface area contributed by atoms with Gasteiger partial charge in [0.1, 0.15) is 25.0 Å². The van der Waals surface area contributed by atoms with Crippen LogP contribution in [0.3, 0.4) is 0 Å². The molecule has 1 fully saturated rings. The molecule has 1 atom stereocenters. The lowest BCUT2D eigenvalue weighted by molar-refractivity contribution is -0.908. The number of rotatable bonds is 7. The number of halogens is 2. The zero-order valence-electron chi connectivity index (χ0n) is 13.8. The Labute approximate surface area is 152 Å². The third-order valence-corrected chi connectivity index (χ3v) is 4.69. The average Bonchev–Trinajstić information content (AvgIpc) is 2.55. The predicted octanol–water partition coefficient (Wildman–Crippen LogP) is 1.59. The second kappa shape index (κ2) is 9.47. The Bertz CT molecular complexity index is 547. The van der Waals surface area contributed by atoms with Gasteiger partial charge in [-0.2, -0.15) is 0 Å². The van der Waals surface area contributed by atoms with Gasteiger partial charge >= 0.3 is 5.97 Å². The van der Waals surface area contributed by atoms with Crippen molar-refractivity contribution in [2.24, 2.45) is 5.92 Å². The van der Waals surface area contributed by atoms with E-state index in [1.807, 2.05) is 6.92 Å². The predicted molar refractivity (Wildman–Crippen MR) is 92.9 cm³/mol. The lowest BCUT2D eigenvalue weighted by atomic mass is 9.97. The Hall–Kier alpha value is -1.01. The van der Waals surface area contributed by atoms with Gasteiger partial charge in [0.05, 0.1) is 30.6 Å². The molecule has 2 N–H and O–H groups in total. The zero-order valence-corrected chi connectivity index (χ0v) is 15.3. The van der Waals surface area contributed by atoms with Crippen LogP contribution in [0.15, 0.2) is 18.2 Å². The summed E-state index contributed by atoms with van der Waals surface area (Å²) in [5, 5.41) is 11.1. The first-order chi connectivity index (χ1) is 11.5. The molecular formula is C17H24Cl2NO4+. The van der Waals surface area contributed by atoms with Gasteiger partial charge in [-0.05, 0) is 25.1 Å². The van der Waals surface area contributed by atoms with Gasteiger partial charge in [0.25, 0.3) is 0 Å². The number of piperidine rings is 1. The molecule has 5 nitrogen and oxygen atoms in total. The van der Waals surface area contributed by atoms with E-state index in [0.717, 1.165) is 25.9 Å². The standard InChI is InChI=1S/C17H23Cl2NO4/c1-2-23-17(22)12-5-7-20(8-6-12)10-14(21)11-24-16-4-3-13(18)9-15(16)19/h3-4,9,12,14,21H,2,5-8,10-11H2,1H3/p+1/t14-/m1/s1. The van der Waals surface area contributed by atoms with Crippen LogP contribution >= 0.6 is 23.2 Å². The van der Waals surface area contributed by atoms with Crippen molar-refractivity contribution in [2.45, 2.75) is 25.9 Å². The van der Waals surface area contributed by atoms with Crippen molar-refractivity contribution in [3.63, 3.8) is 0 Å². The van der Waals surface area contributed by atoms with Crippen molar-refractivity contribution in [3.05, 3.63) is 28.2 Å². The normalized spacial score (nSPS) is 22.0. The van der Waals surface area contributed by atoms with E-state index in [2.05, 4.69) is 0 Å². The first kappa shape index (κ1) is 19.3. The maximum absolute atomic E-state index is 11.7. The molecule has 0 saturated carbocycles. The molecule has 134 valence electrons. The van der Waals surface area contributed by atoms with Crippen LogP contribution < -0.4 is 9.64 Å². The summed E-state index contributed by atoms with van der Waals surface area (Å²) in [6.45, 7) is 4.70. The molecule has 0 bridgehead atoms. The van der Waals surface area contributed by atoms with Crippen LogP contribution in [0.2, 0.25) is 10.0 Å². The Balaban J connectivity index is 1.71. The monoisotopic (exact) mass is 376 g/mol. The van der Waals surface area contributed by atoms with E-state index in [1.54, 1.807) is 18.2 Å². The second-order valence-corrected chi connectivity index (χ2v) is 6.86. The summed E-state index contributed by atoms with van der Waals surface area (Å²) in [7, 11) is 0. The fourth-order valence-corrected chi connectivity index (χ4v) is 3.36. The highest BCUT2D eigenvalue weighted by Gasteiger charge is 2.29. The SMILES string of the molecule is CCOC(=O)C1CC[NH+](C[C@@H](O)COc2ccc(Cl)cc2Cl)CC1. The van der Waals surface area contributed by atoms with Gasteiger partial charge in [-0.3, -0.25) is 4.79 Å². The summed E-state index contributed by atoms with van der Waals surface area (Å²) in [5.41, 5.74) is 0. The minimum Gasteiger partial charge on any atom is -0.489 e. The topological polar surface area (TPSA) is 60.2 Å². The van der Waals surface area contributed by atoms with Gasteiger partial charge in [-0.15, -0.1) is 0 Å². The van der Waals surface area contributed by atoms with Crippen molar-refractivity contribution in [1.82, 2.24) is 0 Å². The number of carbonyl (C=O) groups is 1. The molecule has 7 heteroatoms. The molecule has 1 heterocycles. The van der Waals surface area contributed by atoms with Gasteiger partial charge < -0.3 is 19.5 Å². The molecule has 1 aromatic rings. The highest BCUT2D eigenvalue weighted by molar-refractivity contribution is 6.35. The van der Waals surface area contributed by atoms with Crippen molar-refractivity contribution < 1.29 is 24.3 Å². The molecule has 0 amide bonds. The van der Waals surface area contributed by atoms with Crippen molar-refractivity contribution >= 4 is 29.2 Å². The van der Waals surface area contributed by atoms with Crippen LogP contribution in [0, 0.1) is 5.92 Å². The molecular weight excluding hydrogens is 353 g/mol. The Morgan fingerprint density at radius 1 is 1.38 bits per heavy atom. The molecule has 24 heavy (non-hydrogen) atoms. The van der Waals surface area contributed by atoms with E-state index in [1.165, 1.54) is 4.90 Å². The van der Waals surface area contributed by atoms with E-state index in [4.69, 9.17) is 32.7 Å². The number of aliphatic hydroxyl groups is 1. The highest BCUT2D eigenvalue weighted by atomic mass is 35.5. The molecule has 1 saturated heterocycles. The lowest BCUT2D eigenvalue weighted by Gasteiger charge is -2.29. The number of nitrogens with one attached hydrogen (secondary N) is 1. The molecule has 0 aromatic heterocycles. The lowest BCUT2D eigenvalue weighted by Crippen LogP contribution is -3.14. The smallest absolute Gasteiger partial charge is 0.309 e. The fourth-order valence-electron chi connectivity index (χ4n) is 2.90. The van der Waals surface area contributed by atoms with Gasteiger partial charge in [-0.25, -0.2) is 0 Å². The number of hydrogen-bond acceptors (Lipinski definition) is 4. The third-order valence-electron chi connectivity index (χ3n) is 4.16. The zero-order chi connectivity index (χ0) is 17.5. The summed E-state index contributed by atoms with van der Waals surface area (Å²) in [4.78, 5) is 13.0. The minimum absolute atomic E-state index is 0.00466. The number of ether oxygens (including phenoxy) is 2. The van der Waals surface area contributed by atoms with Crippen LogP contribution in [0.4, 0.5) is 0 Å². The number of likely N-dealkylation sites (tertiary alicyclic amines) is 1. The summed E-state index contributed by atoms with van der Waals surface area (Å²) in [5.74, 6) is 0.406. The fraction of sp³-hybridized carbons (Fsp3) is 0.588. The molecule has 1 aliphatic heterocycles. The number of hydrogen-bond donors (Lipinski definition) is 2. The minimum atomic E-state index is -0.592. The number of carbonyl (C=O) groups excluding carboxylic acids is 1. The average molecular weight is 377 g/mol. The number of benzene rings is 1. The molecule has 0 radical (unpaired) electrons. The van der Waals surface area contributed by atoms with Crippen molar-refractivity contribution in [2.75, 3.05) is 32.8 Å². The second-order valence-electron chi connectivity index (χ2n) is 6.02. The van der Waals surface area contributed by atoms with E-state index < -0.39 is 6.10 Å². The van der Waals surface area contributed by atoms with Crippen LogP contribution in [-0.4, -0.2) is 50.0 Å². The Kier molecular flexibility index (Phi) is 7.62. The summed E-state index contributed by atoms with van der Waals surface area (Å²) in [6.07, 6.45) is 1.00. The maximum Gasteiger partial charge on any atom is 0.309 e. The highest BCUT2D eigenvalue weighted by Crippen LogP contribution is 2.27. The van der Waals surface area contributed by atoms with E-state index >= 15 is 0 Å². The van der Waals surface area contributed by atoms with Crippen LogP contribution in [0.25, 0.3) is 0 Å². The molecule has 0 spiro atoms. The van der Waals surface area contributed by atoms with Crippen LogP contribution in [0.5, 0.6) is 5.75 Å². The Morgan fingerprint density at radius 3 is 2.71 bits per heavy atom. The van der Waals surface area contributed by atoms with Gasteiger partial charge in [0.15, 0.2) is 0 Å². The molecule has 0 aliphatic carbocycles. The molecule has 1 aromatic carbocycles. The van der Waals surface area contributed by atoms with Crippen molar-refractivity contribution in [1.29, 1.82) is 0 Å². The largest absolute Gasteiger partial charge is 0.489 e. The van der Waals surface area contributed by atoms with Gasteiger partial charge in [-0.1, -0.05) is 23.2 Å². The van der Waals surface area contributed by atoms with Gasteiger partial charge in [0, 0.05) is 17.9 Å². The first-order valence-corrected chi connectivity index (χ1v) is 9.01. The third kappa shape index (κ3) is 5.81. The molecule has 2 rings (SSSR count). The maximum atomic E-state index is 11.7. The van der Waals surface area contributed by atoms with E-state index in [0.29, 0.717) is 28.9 Å². The summed E-state index contributed by atoms with van der Waals surface area (Å²) >= 11 is 11.9. The quantitative estimate of drug-likeness (QED) is 0.709. The summed E-state index contributed by atoms with van der Waals surface area (Å²) < 4.78 is 10.6. The van der Waals surface area contributed by atoms with Gasteiger partial charge in [0.2, 0.25) is 0 Å².